The summed E-state index contributed by atoms with van der Waals surface area (Å²) in [6, 6.07) is 2.01. The number of hydrogen-bond donors (Lipinski definition) is 1. The van der Waals surface area contributed by atoms with Gasteiger partial charge in [-0.1, -0.05) is 12.2 Å². The van der Waals surface area contributed by atoms with E-state index in [1.165, 1.54) is 0 Å². The van der Waals surface area contributed by atoms with Crippen molar-refractivity contribution in [1.29, 1.82) is 0 Å². The first kappa shape index (κ1) is 15.7. The largest absolute Gasteiger partial charge is 0.489 e. The fourth-order valence-corrected chi connectivity index (χ4v) is 1.61. The molecule has 19 heavy (non-hydrogen) atoms. The summed E-state index contributed by atoms with van der Waals surface area (Å²) < 4.78 is 5.62. The van der Waals surface area contributed by atoms with Crippen molar-refractivity contribution in [3.05, 3.63) is 30.1 Å². The molecule has 0 spiro atoms. The quantitative estimate of drug-likeness (QED) is 0.794. The molecule has 3 heteroatoms. The van der Waals surface area contributed by atoms with E-state index in [1.54, 1.807) is 6.20 Å². The SMILES string of the molecule is CC(C)Oc1cncc(/C=C/CCNC(C)(C)C)c1. The molecule has 0 saturated heterocycles. The topological polar surface area (TPSA) is 34.1 Å². The van der Waals surface area contributed by atoms with E-state index in [1.807, 2.05) is 26.1 Å². The van der Waals surface area contributed by atoms with Gasteiger partial charge in [-0.3, -0.25) is 4.98 Å². The number of nitrogens with zero attached hydrogens (tertiary/aromatic N) is 1. The van der Waals surface area contributed by atoms with Crippen LogP contribution in [0.5, 0.6) is 5.75 Å². The number of nitrogens with one attached hydrogen (secondary N) is 1. The molecule has 0 bridgehead atoms. The third-order valence-electron chi connectivity index (χ3n) is 2.38. The van der Waals surface area contributed by atoms with Gasteiger partial charge in [0.05, 0.1) is 12.3 Å². The van der Waals surface area contributed by atoms with E-state index in [-0.39, 0.29) is 11.6 Å². The molecule has 1 rings (SSSR count). The third-order valence-corrected chi connectivity index (χ3v) is 2.38. The molecule has 0 aromatic carbocycles. The Morgan fingerprint density at radius 1 is 1.32 bits per heavy atom. The zero-order valence-corrected chi connectivity index (χ0v) is 12.7. The summed E-state index contributed by atoms with van der Waals surface area (Å²) in [6.45, 7) is 11.5. The monoisotopic (exact) mass is 262 g/mol. The summed E-state index contributed by atoms with van der Waals surface area (Å²) in [5.41, 5.74) is 1.26. The van der Waals surface area contributed by atoms with Crippen LogP contribution in [-0.2, 0) is 0 Å². The van der Waals surface area contributed by atoms with Crippen LogP contribution in [0.1, 0.15) is 46.6 Å². The fraction of sp³-hybridized carbons (Fsp3) is 0.562. The number of ether oxygens (including phenoxy) is 1. The summed E-state index contributed by atoms with van der Waals surface area (Å²) in [6.07, 6.45) is 9.03. The Balaban J connectivity index is 2.44. The van der Waals surface area contributed by atoms with Crippen molar-refractivity contribution >= 4 is 6.08 Å². The van der Waals surface area contributed by atoms with Crippen molar-refractivity contribution in [3.8, 4) is 5.75 Å². The van der Waals surface area contributed by atoms with Crippen LogP contribution in [0.3, 0.4) is 0 Å². The van der Waals surface area contributed by atoms with Crippen LogP contribution in [0.2, 0.25) is 0 Å². The highest BCUT2D eigenvalue weighted by atomic mass is 16.5. The average molecular weight is 262 g/mol. The maximum atomic E-state index is 5.62. The van der Waals surface area contributed by atoms with E-state index in [0.29, 0.717) is 0 Å². The molecule has 1 heterocycles. The van der Waals surface area contributed by atoms with Gasteiger partial charge in [-0.15, -0.1) is 0 Å². The minimum Gasteiger partial charge on any atom is -0.489 e. The van der Waals surface area contributed by atoms with Gasteiger partial charge in [0.25, 0.3) is 0 Å². The third kappa shape index (κ3) is 7.62. The molecule has 106 valence electrons. The lowest BCUT2D eigenvalue weighted by atomic mass is 10.1. The normalized spacial score (nSPS) is 12.3. The van der Waals surface area contributed by atoms with E-state index >= 15 is 0 Å². The van der Waals surface area contributed by atoms with Gasteiger partial charge in [-0.25, -0.2) is 0 Å². The van der Waals surface area contributed by atoms with Crippen LogP contribution in [0.25, 0.3) is 6.08 Å². The second kappa shape index (κ2) is 7.29. The van der Waals surface area contributed by atoms with Crippen LogP contribution in [-0.4, -0.2) is 23.2 Å². The Bertz CT molecular complexity index is 405. The van der Waals surface area contributed by atoms with Gasteiger partial charge in [-0.2, -0.15) is 0 Å². The Morgan fingerprint density at radius 2 is 2.05 bits per heavy atom. The number of pyridine rings is 1. The van der Waals surface area contributed by atoms with Crippen molar-refractivity contribution in [2.24, 2.45) is 0 Å². The van der Waals surface area contributed by atoms with Gasteiger partial charge in [0.2, 0.25) is 0 Å². The highest BCUT2D eigenvalue weighted by molar-refractivity contribution is 5.49. The molecular formula is C16H26N2O. The van der Waals surface area contributed by atoms with Gasteiger partial charge in [0.1, 0.15) is 5.75 Å². The molecule has 3 nitrogen and oxygen atoms in total. The predicted octanol–water partition coefficient (Wildman–Crippen LogP) is 3.66. The highest BCUT2D eigenvalue weighted by Crippen LogP contribution is 2.14. The van der Waals surface area contributed by atoms with Crippen molar-refractivity contribution < 1.29 is 4.74 Å². The summed E-state index contributed by atoms with van der Waals surface area (Å²) in [7, 11) is 0. The van der Waals surface area contributed by atoms with Gasteiger partial charge < -0.3 is 10.1 Å². The smallest absolute Gasteiger partial charge is 0.138 e. The molecule has 0 unspecified atom stereocenters. The Hall–Kier alpha value is -1.35. The molecule has 0 amide bonds. The molecule has 0 aliphatic carbocycles. The van der Waals surface area contributed by atoms with Crippen molar-refractivity contribution in [2.75, 3.05) is 6.54 Å². The van der Waals surface area contributed by atoms with Crippen molar-refractivity contribution in [1.82, 2.24) is 10.3 Å². The fourth-order valence-electron chi connectivity index (χ4n) is 1.61. The molecule has 1 aromatic heterocycles. The molecule has 0 aliphatic heterocycles. The maximum Gasteiger partial charge on any atom is 0.138 e. The summed E-state index contributed by atoms with van der Waals surface area (Å²) in [5, 5.41) is 3.45. The van der Waals surface area contributed by atoms with Crippen molar-refractivity contribution in [2.45, 2.75) is 52.7 Å². The lowest BCUT2D eigenvalue weighted by molar-refractivity contribution is 0.241. The van der Waals surface area contributed by atoms with E-state index in [0.717, 1.165) is 24.3 Å². The maximum absolute atomic E-state index is 5.62. The zero-order valence-electron chi connectivity index (χ0n) is 12.7. The van der Waals surface area contributed by atoms with E-state index in [4.69, 9.17) is 4.74 Å². The Kier molecular flexibility index (Phi) is 6.03. The van der Waals surface area contributed by atoms with Crippen LogP contribution in [0, 0.1) is 0 Å². The first-order valence-electron chi connectivity index (χ1n) is 6.90. The number of aromatic nitrogens is 1. The van der Waals surface area contributed by atoms with Crippen LogP contribution in [0.4, 0.5) is 0 Å². The van der Waals surface area contributed by atoms with Crippen molar-refractivity contribution in [3.63, 3.8) is 0 Å². The molecule has 0 aliphatic rings. The summed E-state index contributed by atoms with van der Waals surface area (Å²) in [4.78, 5) is 4.18. The predicted molar refractivity (Wildman–Crippen MR) is 81.4 cm³/mol. The first-order chi connectivity index (χ1) is 8.87. The molecule has 1 N–H and O–H groups in total. The van der Waals surface area contributed by atoms with E-state index in [9.17, 15) is 0 Å². The number of hydrogen-bond acceptors (Lipinski definition) is 3. The molecular weight excluding hydrogens is 236 g/mol. The van der Waals surface area contributed by atoms with Crippen LogP contribution < -0.4 is 10.1 Å². The lowest BCUT2D eigenvalue weighted by Crippen LogP contribution is -2.36. The van der Waals surface area contributed by atoms with E-state index < -0.39 is 0 Å². The summed E-state index contributed by atoms with van der Waals surface area (Å²) >= 11 is 0. The second-order valence-electron chi connectivity index (χ2n) is 5.99. The number of rotatable bonds is 6. The molecule has 1 aromatic rings. The highest BCUT2D eigenvalue weighted by Gasteiger charge is 2.06. The van der Waals surface area contributed by atoms with Gasteiger partial charge in [0.15, 0.2) is 0 Å². The lowest BCUT2D eigenvalue weighted by Gasteiger charge is -2.19. The van der Waals surface area contributed by atoms with E-state index in [2.05, 4.69) is 43.2 Å². The minimum absolute atomic E-state index is 0.178. The van der Waals surface area contributed by atoms with Crippen LogP contribution >= 0.6 is 0 Å². The Morgan fingerprint density at radius 3 is 2.68 bits per heavy atom. The first-order valence-corrected chi connectivity index (χ1v) is 6.90. The molecule has 0 fully saturated rings. The standard InChI is InChI=1S/C16H26N2O/c1-13(2)19-15-10-14(11-17-12-15)8-6-7-9-18-16(3,4)5/h6,8,10-13,18H,7,9H2,1-5H3/b8-6+. The molecule has 0 atom stereocenters. The second-order valence-corrected chi connectivity index (χ2v) is 5.99. The molecule has 0 saturated carbocycles. The Labute approximate surface area is 117 Å². The molecule has 0 radical (unpaired) electrons. The zero-order chi connectivity index (χ0) is 14.3. The average Bonchev–Trinajstić information content (AvgIpc) is 2.26. The van der Waals surface area contributed by atoms with Gasteiger partial charge in [-0.05, 0) is 59.2 Å². The summed E-state index contributed by atoms with van der Waals surface area (Å²) in [5.74, 6) is 0.824. The van der Waals surface area contributed by atoms with Gasteiger partial charge >= 0.3 is 0 Å². The van der Waals surface area contributed by atoms with Crippen LogP contribution in [0.15, 0.2) is 24.5 Å². The minimum atomic E-state index is 0.178. The van der Waals surface area contributed by atoms with Gasteiger partial charge in [0, 0.05) is 11.7 Å².